The van der Waals surface area contributed by atoms with Gasteiger partial charge in [-0.15, -0.1) is 0 Å². The Labute approximate surface area is 160 Å². The molecule has 0 aromatic heterocycles. The summed E-state index contributed by atoms with van der Waals surface area (Å²) < 4.78 is 28.7. The lowest BCUT2D eigenvalue weighted by Gasteiger charge is -2.25. The molecule has 1 aliphatic heterocycles. The van der Waals surface area contributed by atoms with Crippen LogP contribution >= 0.6 is 0 Å². The fraction of sp³-hybridized carbons (Fsp3) is 0.238. The van der Waals surface area contributed by atoms with Gasteiger partial charge >= 0.3 is 0 Å². The van der Waals surface area contributed by atoms with Gasteiger partial charge in [-0.25, -0.2) is 8.42 Å². The van der Waals surface area contributed by atoms with Crippen molar-refractivity contribution in [2.75, 3.05) is 35.8 Å². The van der Waals surface area contributed by atoms with Gasteiger partial charge in [0.1, 0.15) is 0 Å². The molecule has 140 valence electrons. The van der Waals surface area contributed by atoms with Crippen molar-refractivity contribution in [2.45, 2.75) is 11.3 Å². The van der Waals surface area contributed by atoms with E-state index in [4.69, 9.17) is 0 Å². The third-order valence-electron chi connectivity index (χ3n) is 4.86. The fourth-order valence-corrected chi connectivity index (χ4v) is 4.84. The van der Waals surface area contributed by atoms with Crippen LogP contribution in [0.3, 0.4) is 0 Å². The molecule has 0 saturated carbocycles. The Morgan fingerprint density at radius 2 is 1.56 bits per heavy atom. The second-order valence-corrected chi connectivity index (χ2v) is 8.34. The van der Waals surface area contributed by atoms with E-state index in [1.807, 2.05) is 48.5 Å². The van der Waals surface area contributed by atoms with Gasteiger partial charge in [0.25, 0.3) is 10.0 Å². The predicted octanol–water partition coefficient (Wildman–Crippen LogP) is 3.44. The van der Waals surface area contributed by atoms with Crippen molar-refractivity contribution >= 4 is 32.2 Å². The zero-order valence-electron chi connectivity index (χ0n) is 15.1. The third kappa shape index (κ3) is 3.77. The average Bonchev–Trinajstić information content (AvgIpc) is 2.97. The molecule has 0 bridgehead atoms. The van der Waals surface area contributed by atoms with Crippen LogP contribution in [-0.4, -0.2) is 34.6 Å². The molecule has 0 atom stereocenters. The third-order valence-corrected chi connectivity index (χ3v) is 6.30. The minimum absolute atomic E-state index is 0.304. The van der Waals surface area contributed by atoms with E-state index in [1.165, 1.54) is 0 Å². The zero-order valence-corrected chi connectivity index (χ0v) is 15.9. The Hall–Kier alpha value is -2.57. The van der Waals surface area contributed by atoms with Crippen LogP contribution in [0.5, 0.6) is 0 Å². The van der Waals surface area contributed by atoms with Crippen molar-refractivity contribution in [3.8, 4) is 0 Å². The molecule has 5 nitrogen and oxygen atoms in total. The molecule has 6 heteroatoms. The Morgan fingerprint density at radius 1 is 0.815 bits per heavy atom. The van der Waals surface area contributed by atoms with Gasteiger partial charge in [0, 0.05) is 41.8 Å². The quantitative estimate of drug-likeness (QED) is 0.727. The highest BCUT2D eigenvalue weighted by Gasteiger charge is 2.21. The van der Waals surface area contributed by atoms with Crippen molar-refractivity contribution in [1.29, 1.82) is 0 Å². The molecular weight excluding hydrogens is 358 g/mol. The summed E-state index contributed by atoms with van der Waals surface area (Å²) in [4.78, 5) is 2.64. The number of hydrogen-bond acceptors (Lipinski definition) is 4. The second kappa shape index (κ2) is 7.58. The largest absolute Gasteiger partial charge is 0.370 e. The van der Waals surface area contributed by atoms with E-state index >= 15 is 0 Å². The first-order chi connectivity index (χ1) is 13.1. The second-order valence-electron chi connectivity index (χ2n) is 6.69. The molecule has 3 aromatic rings. The summed E-state index contributed by atoms with van der Waals surface area (Å²) in [5.41, 5.74) is 1.65. The van der Waals surface area contributed by atoms with E-state index in [1.54, 1.807) is 18.2 Å². The SMILES string of the molecule is O=S(=O)(Nc1ccccc1)c1ccc(N2CCCNCC2)c2ccccc12. The van der Waals surface area contributed by atoms with Crippen molar-refractivity contribution in [2.24, 2.45) is 0 Å². The topological polar surface area (TPSA) is 61.4 Å². The highest BCUT2D eigenvalue weighted by Crippen LogP contribution is 2.33. The van der Waals surface area contributed by atoms with Gasteiger partial charge in [0.05, 0.1) is 4.90 Å². The number of nitrogens with one attached hydrogen (secondary N) is 2. The summed E-state index contributed by atoms with van der Waals surface area (Å²) in [6, 6.07) is 20.4. The molecule has 1 heterocycles. The first-order valence-electron chi connectivity index (χ1n) is 9.20. The van der Waals surface area contributed by atoms with E-state index in [-0.39, 0.29) is 0 Å². The number of hydrogen-bond donors (Lipinski definition) is 2. The van der Waals surface area contributed by atoms with Gasteiger partial charge in [0.15, 0.2) is 0 Å². The molecular formula is C21H23N3O2S. The molecule has 0 unspecified atom stereocenters. The summed E-state index contributed by atoms with van der Waals surface area (Å²) in [5.74, 6) is 0. The standard InChI is InChI=1S/C21H23N3O2S/c25-27(26,23-17-7-2-1-3-8-17)21-12-11-20(18-9-4-5-10-19(18)21)24-15-6-13-22-14-16-24/h1-5,7-12,22-23H,6,13-16H2. The van der Waals surface area contributed by atoms with Gasteiger partial charge in [0.2, 0.25) is 0 Å². The molecule has 2 N–H and O–H groups in total. The lowest BCUT2D eigenvalue weighted by molar-refractivity contribution is 0.602. The van der Waals surface area contributed by atoms with Gasteiger partial charge in [-0.1, -0.05) is 42.5 Å². The van der Waals surface area contributed by atoms with Gasteiger partial charge < -0.3 is 10.2 Å². The number of nitrogens with zero attached hydrogens (tertiary/aromatic N) is 1. The first-order valence-corrected chi connectivity index (χ1v) is 10.7. The van der Waals surface area contributed by atoms with Crippen molar-refractivity contribution < 1.29 is 8.42 Å². The Morgan fingerprint density at radius 3 is 2.37 bits per heavy atom. The predicted molar refractivity (Wildman–Crippen MR) is 111 cm³/mol. The molecule has 1 fully saturated rings. The van der Waals surface area contributed by atoms with Crippen LogP contribution in [-0.2, 0) is 10.0 Å². The minimum atomic E-state index is -3.68. The van der Waals surface area contributed by atoms with E-state index in [2.05, 4.69) is 14.9 Å². The summed E-state index contributed by atoms with van der Waals surface area (Å²) in [7, 11) is -3.68. The smallest absolute Gasteiger partial charge is 0.262 e. The molecule has 0 radical (unpaired) electrons. The first kappa shape index (κ1) is 17.8. The van der Waals surface area contributed by atoms with Crippen LogP contribution in [0.2, 0.25) is 0 Å². The van der Waals surface area contributed by atoms with E-state index in [0.717, 1.165) is 49.1 Å². The van der Waals surface area contributed by atoms with Crippen LogP contribution < -0.4 is 14.9 Å². The maximum absolute atomic E-state index is 13.0. The Bertz CT molecular complexity index is 1030. The van der Waals surface area contributed by atoms with Gasteiger partial charge in [-0.05, 0) is 37.2 Å². The number of rotatable bonds is 4. The van der Waals surface area contributed by atoms with Crippen molar-refractivity contribution in [3.63, 3.8) is 0 Å². The molecule has 1 aliphatic rings. The van der Waals surface area contributed by atoms with Gasteiger partial charge in [-0.3, -0.25) is 4.72 Å². The summed E-state index contributed by atoms with van der Waals surface area (Å²) >= 11 is 0. The van der Waals surface area contributed by atoms with E-state index in [9.17, 15) is 8.42 Å². The monoisotopic (exact) mass is 381 g/mol. The van der Waals surface area contributed by atoms with Crippen LogP contribution in [0.15, 0.2) is 71.6 Å². The molecule has 4 rings (SSSR count). The average molecular weight is 382 g/mol. The maximum Gasteiger partial charge on any atom is 0.262 e. The lowest BCUT2D eigenvalue weighted by atomic mass is 10.1. The van der Waals surface area contributed by atoms with E-state index < -0.39 is 10.0 Å². The number of benzene rings is 3. The molecule has 0 aliphatic carbocycles. The van der Waals surface area contributed by atoms with Gasteiger partial charge in [-0.2, -0.15) is 0 Å². The van der Waals surface area contributed by atoms with Crippen LogP contribution in [0.4, 0.5) is 11.4 Å². The molecule has 0 spiro atoms. The Balaban J connectivity index is 1.77. The van der Waals surface area contributed by atoms with Crippen LogP contribution in [0.25, 0.3) is 10.8 Å². The number of sulfonamides is 1. The van der Waals surface area contributed by atoms with Crippen molar-refractivity contribution in [3.05, 3.63) is 66.7 Å². The normalized spacial score (nSPS) is 15.5. The number of para-hydroxylation sites is 1. The summed E-state index contributed by atoms with van der Waals surface area (Å²) in [6.07, 6.45) is 1.07. The zero-order chi connectivity index (χ0) is 18.7. The Kier molecular flexibility index (Phi) is 5.01. The molecule has 27 heavy (non-hydrogen) atoms. The maximum atomic E-state index is 13.0. The summed E-state index contributed by atoms with van der Waals surface area (Å²) in [6.45, 7) is 3.83. The minimum Gasteiger partial charge on any atom is -0.370 e. The molecule has 1 saturated heterocycles. The molecule has 3 aromatic carbocycles. The lowest BCUT2D eigenvalue weighted by Crippen LogP contribution is -2.28. The number of anilines is 2. The fourth-order valence-electron chi connectivity index (χ4n) is 3.57. The van der Waals surface area contributed by atoms with Crippen LogP contribution in [0, 0.1) is 0 Å². The molecule has 0 amide bonds. The highest BCUT2D eigenvalue weighted by atomic mass is 32.2. The van der Waals surface area contributed by atoms with Crippen molar-refractivity contribution in [1.82, 2.24) is 5.32 Å². The highest BCUT2D eigenvalue weighted by molar-refractivity contribution is 7.93. The summed E-state index contributed by atoms with van der Waals surface area (Å²) in [5, 5.41) is 5.12. The van der Waals surface area contributed by atoms with E-state index in [0.29, 0.717) is 10.6 Å². The van der Waals surface area contributed by atoms with Crippen LogP contribution in [0.1, 0.15) is 6.42 Å². The number of fused-ring (bicyclic) bond motifs is 1.